The lowest BCUT2D eigenvalue weighted by Crippen LogP contribution is -2.54. The van der Waals surface area contributed by atoms with Gasteiger partial charge in [-0.2, -0.15) is 15.2 Å². The first-order valence-corrected chi connectivity index (χ1v) is 16.7. The number of rotatable bonds is 5. The van der Waals surface area contributed by atoms with Crippen LogP contribution < -0.4 is 20.7 Å². The molecular formula is C32H42N8O2S. The monoisotopic (exact) mass is 602 g/mol. The highest BCUT2D eigenvalue weighted by atomic mass is 32.1. The molecule has 11 heteroatoms. The second-order valence-corrected chi connectivity index (χ2v) is 14.3. The largest absolute Gasteiger partial charge is 0.459 e. The van der Waals surface area contributed by atoms with Gasteiger partial charge < -0.3 is 25.2 Å². The number of aromatic nitrogens is 3. The number of anilines is 2. The van der Waals surface area contributed by atoms with E-state index in [1.807, 2.05) is 6.07 Å². The fraction of sp³-hybridized carbons (Fsp3) is 0.625. The molecule has 0 unspecified atom stereocenters. The number of hydrogen-bond acceptors (Lipinski definition) is 11. The van der Waals surface area contributed by atoms with Gasteiger partial charge >= 0.3 is 6.01 Å². The number of piperazine rings is 1. The van der Waals surface area contributed by atoms with Crippen molar-refractivity contribution in [3.05, 3.63) is 33.3 Å². The summed E-state index contributed by atoms with van der Waals surface area (Å²) < 4.78 is 12.8. The molecule has 2 aliphatic heterocycles. The number of thiophene rings is 1. The molecule has 2 saturated heterocycles. The van der Waals surface area contributed by atoms with Crippen LogP contribution in [0.2, 0.25) is 0 Å². The molecule has 3 aromatic heterocycles. The minimum Gasteiger partial charge on any atom is -0.459 e. The zero-order valence-corrected chi connectivity index (χ0v) is 26.5. The predicted molar refractivity (Wildman–Crippen MR) is 168 cm³/mol. The number of nitriles is 1. The molecule has 0 bridgehead atoms. The van der Waals surface area contributed by atoms with Crippen molar-refractivity contribution < 1.29 is 9.26 Å². The van der Waals surface area contributed by atoms with Crippen LogP contribution in [0.15, 0.2) is 10.6 Å². The zero-order valence-electron chi connectivity index (χ0n) is 25.7. The molecule has 10 nitrogen and oxygen atoms in total. The van der Waals surface area contributed by atoms with E-state index in [-0.39, 0.29) is 11.5 Å². The Morgan fingerprint density at radius 1 is 1.19 bits per heavy atom. The van der Waals surface area contributed by atoms with Crippen molar-refractivity contribution in [3.63, 3.8) is 0 Å². The quantitative estimate of drug-likeness (QED) is 0.426. The fourth-order valence-corrected chi connectivity index (χ4v) is 9.45. The summed E-state index contributed by atoms with van der Waals surface area (Å²) in [6, 6.07) is 5.85. The van der Waals surface area contributed by atoms with E-state index in [0.29, 0.717) is 46.2 Å². The third kappa shape index (κ3) is 4.88. The van der Waals surface area contributed by atoms with Gasteiger partial charge in [0.1, 0.15) is 28.7 Å². The number of likely N-dealkylation sites (N-methyl/N-ethyl adjacent to an activating group) is 1. The molecule has 2 aliphatic carbocycles. The second kappa shape index (κ2) is 11.1. The number of nitrogen functional groups attached to an aromatic ring is 1. The Labute approximate surface area is 257 Å². The van der Waals surface area contributed by atoms with E-state index in [9.17, 15) is 5.26 Å². The molecule has 3 aromatic rings. The minimum atomic E-state index is -0.345. The van der Waals surface area contributed by atoms with Crippen LogP contribution in [0, 0.1) is 11.3 Å². The summed E-state index contributed by atoms with van der Waals surface area (Å²) in [5.74, 6) is 1.54. The molecule has 5 atom stereocenters. The number of likely N-dealkylation sites (tertiary alicyclic amines) is 1. The summed E-state index contributed by atoms with van der Waals surface area (Å²) in [6.07, 6.45) is 7.96. The van der Waals surface area contributed by atoms with Gasteiger partial charge in [0.15, 0.2) is 5.76 Å². The van der Waals surface area contributed by atoms with E-state index in [4.69, 9.17) is 30.1 Å². The first-order valence-electron chi connectivity index (χ1n) is 15.9. The van der Waals surface area contributed by atoms with Gasteiger partial charge in [-0.15, -0.1) is 11.3 Å². The van der Waals surface area contributed by atoms with Gasteiger partial charge in [-0.3, -0.25) is 4.90 Å². The Kier molecular flexibility index (Phi) is 7.35. The molecule has 0 aromatic carbocycles. The lowest BCUT2D eigenvalue weighted by molar-refractivity contribution is 0.112. The molecule has 2 fully saturated rings. The third-order valence-corrected chi connectivity index (χ3v) is 11.2. The number of nitrogens with two attached hydrogens (primary N) is 1. The van der Waals surface area contributed by atoms with Crippen LogP contribution in [0.3, 0.4) is 0 Å². The number of fused-ring (bicyclic) bond motifs is 4. The van der Waals surface area contributed by atoms with Crippen LogP contribution in [0.5, 0.6) is 6.01 Å². The lowest BCUT2D eigenvalue weighted by Gasteiger charge is -2.39. The first kappa shape index (κ1) is 28.6. The topological polar surface area (TPSA) is 129 Å². The van der Waals surface area contributed by atoms with Gasteiger partial charge in [0.05, 0.1) is 11.3 Å². The van der Waals surface area contributed by atoms with Crippen molar-refractivity contribution in [2.75, 3.05) is 37.3 Å². The van der Waals surface area contributed by atoms with Crippen LogP contribution in [-0.2, 0) is 18.3 Å². The number of ether oxygens (including phenoxy) is 1. The SMILES string of the molecule is C[C@H](Oc1nc(-c2onc3c2CCC[C@@]32CCCc3sc(N)c(C#N)c32)cc(N2C[C@H](C)N[C@@H](C)C2)n1)[C@@H]1CCCN1C. The average Bonchev–Trinajstić information content (AvgIpc) is 3.69. The lowest BCUT2D eigenvalue weighted by atomic mass is 9.62. The summed E-state index contributed by atoms with van der Waals surface area (Å²) in [7, 11) is 2.16. The maximum atomic E-state index is 10.1. The molecule has 3 N–H and O–H groups in total. The Morgan fingerprint density at radius 2 is 1.95 bits per heavy atom. The van der Waals surface area contributed by atoms with Crippen molar-refractivity contribution in [2.24, 2.45) is 0 Å². The molecule has 228 valence electrons. The smallest absolute Gasteiger partial charge is 0.319 e. The van der Waals surface area contributed by atoms with Gasteiger partial charge in [0, 0.05) is 53.1 Å². The van der Waals surface area contributed by atoms with E-state index < -0.39 is 0 Å². The van der Waals surface area contributed by atoms with Crippen molar-refractivity contribution in [3.8, 4) is 23.5 Å². The first-order chi connectivity index (χ1) is 20.8. The molecule has 0 radical (unpaired) electrons. The van der Waals surface area contributed by atoms with Gasteiger partial charge in [0.25, 0.3) is 0 Å². The van der Waals surface area contributed by atoms with Crippen molar-refractivity contribution in [1.29, 1.82) is 5.26 Å². The Balaban J connectivity index is 1.31. The minimum absolute atomic E-state index is 0.0440. The number of aryl methyl sites for hydroxylation is 1. The fourth-order valence-electron chi connectivity index (χ4n) is 8.29. The Bertz CT molecular complexity index is 1550. The summed E-state index contributed by atoms with van der Waals surface area (Å²) in [5, 5.41) is 19.1. The van der Waals surface area contributed by atoms with E-state index >= 15 is 0 Å². The maximum Gasteiger partial charge on any atom is 0.319 e. The standard InChI is InChI=1S/C32H42N8O2S/c1-18-16-40(17-19(2)35-18)26-14-23(36-31(37-26)41-20(3)24-9-7-13-39(24)4)28-21-8-5-11-32(29(21)38-42-28)12-6-10-25-27(32)22(15-33)30(34)43-25/h14,18-20,24,35H,5-13,16-17,34H2,1-4H3/t18-,19-,20-,24-,32-/m0/s1. The van der Waals surface area contributed by atoms with E-state index in [2.05, 4.69) is 49.0 Å². The molecule has 0 saturated carbocycles. The molecule has 43 heavy (non-hydrogen) atoms. The molecular weight excluding hydrogens is 560 g/mol. The molecule has 4 aliphatic rings. The predicted octanol–water partition coefficient (Wildman–Crippen LogP) is 4.65. The van der Waals surface area contributed by atoms with Gasteiger partial charge in [0.2, 0.25) is 0 Å². The van der Waals surface area contributed by atoms with Crippen LogP contribution in [0.1, 0.15) is 86.6 Å². The van der Waals surface area contributed by atoms with Crippen LogP contribution in [0.4, 0.5) is 10.8 Å². The molecule has 0 amide bonds. The zero-order chi connectivity index (χ0) is 29.9. The summed E-state index contributed by atoms with van der Waals surface area (Å²) in [4.78, 5) is 15.8. The van der Waals surface area contributed by atoms with E-state index in [1.54, 1.807) is 11.3 Å². The highest BCUT2D eigenvalue weighted by molar-refractivity contribution is 7.16. The highest BCUT2D eigenvalue weighted by Gasteiger charge is 2.48. The number of nitrogens with one attached hydrogen (secondary N) is 1. The average molecular weight is 603 g/mol. The van der Waals surface area contributed by atoms with Crippen LogP contribution in [0.25, 0.3) is 11.5 Å². The third-order valence-electron chi connectivity index (χ3n) is 10.1. The van der Waals surface area contributed by atoms with Crippen molar-refractivity contribution >= 4 is 22.2 Å². The Morgan fingerprint density at radius 3 is 2.67 bits per heavy atom. The summed E-state index contributed by atoms with van der Waals surface area (Å²) in [5.41, 5.74) is 10.5. The van der Waals surface area contributed by atoms with Crippen molar-refractivity contribution in [1.82, 2.24) is 25.3 Å². The van der Waals surface area contributed by atoms with Gasteiger partial charge in [-0.05, 0) is 91.3 Å². The van der Waals surface area contributed by atoms with E-state index in [1.165, 1.54) is 11.3 Å². The summed E-state index contributed by atoms with van der Waals surface area (Å²) >= 11 is 1.57. The molecule has 7 rings (SSSR count). The van der Waals surface area contributed by atoms with Crippen LogP contribution in [-0.4, -0.2) is 70.9 Å². The highest BCUT2D eigenvalue weighted by Crippen LogP contribution is 2.54. The normalized spacial score (nSPS) is 28.0. The van der Waals surface area contributed by atoms with E-state index in [0.717, 1.165) is 87.2 Å². The number of hydrogen-bond donors (Lipinski definition) is 2. The second-order valence-electron chi connectivity index (χ2n) is 13.2. The van der Waals surface area contributed by atoms with Crippen LogP contribution >= 0.6 is 11.3 Å². The van der Waals surface area contributed by atoms with Crippen molar-refractivity contribution in [2.45, 2.75) is 102 Å². The maximum absolute atomic E-state index is 10.1. The molecule has 1 spiro atoms. The number of nitrogens with zero attached hydrogens (tertiary/aromatic N) is 6. The van der Waals surface area contributed by atoms with Gasteiger partial charge in [-0.1, -0.05) is 5.16 Å². The van der Waals surface area contributed by atoms with Gasteiger partial charge in [-0.25, -0.2) is 0 Å². The Hall–Kier alpha value is -3.20. The molecule has 5 heterocycles. The summed E-state index contributed by atoms with van der Waals surface area (Å²) in [6.45, 7) is 9.31.